The average Bonchev–Trinajstić information content (AvgIpc) is 3.83. The van der Waals surface area contributed by atoms with Crippen molar-refractivity contribution in [3.63, 3.8) is 0 Å². The molecule has 0 saturated carbocycles. The largest absolute Gasteiger partial charge is 0.309 e. The fourth-order valence-corrected chi connectivity index (χ4v) is 9.83. The van der Waals surface area contributed by atoms with Gasteiger partial charge in [0.05, 0.1) is 39.0 Å². The van der Waals surface area contributed by atoms with Gasteiger partial charge < -0.3 is 9.13 Å². The topological polar surface area (TPSA) is 35.6 Å². The Morgan fingerprint density at radius 1 is 0.333 bits per heavy atom. The predicted octanol–water partition coefficient (Wildman–Crippen LogP) is 14.6. The molecule has 60 heavy (non-hydrogen) atoms. The Morgan fingerprint density at radius 3 is 1.83 bits per heavy atom. The van der Waals surface area contributed by atoms with E-state index in [1.165, 1.54) is 59.5 Å². The van der Waals surface area contributed by atoms with Crippen LogP contribution in [0.4, 0.5) is 0 Å². The molecule has 0 radical (unpaired) electrons. The van der Waals surface area contributed by atoms with Crippen LogP contribution in [-0.4, -0.2) is 19.1 Å². The molecule has 3 heterocycles. The number of aromatic nitrogens is 4. The maximum absolute atomic E-state index is 5.38. The smallest absolute Gasteiger partial charge is 0.161 e. The molecule has 0 aliphatic carbocycles. The molecule has 0 N–H and O–H groups in total. The van der Waals surface area contributed by atoms with Crippen LogP contribution in [0.1, 0.15) is 0 Å². The van der Waals surface area contributed by atoms with E-state index in [-0.39, 0.29) is 0 Å². The summed E-state index contributed by atoms with van der Waals surface area (Å²) in [7, 11) is 0. The Kier molecular flexibility index (Phi) is 6.98. The molecule has 3 aromatic heterocycles. The molecule has 0 amide bonds. The SMILES string of the molecule is c1cc(-c2nc(-c3cccc4ccccc34)nc3ccccc23)cc(-n2c3cc4ccccc4cc3c3c(-n4c5ccccc5c5c6ccccc6ccc54)cccc32)c1. The lowest BCUT2D eigenvalue weighted by Crippen LogP contribution is -1.98. The van der Waals surface area contributed by atoms with Crippen molar-refractivity contribution in [3.05, 3.63) is 206 Å². The molecule has 0 spiro atoms. The highest BCUT2D eigenvalue weighted by atomic mass is 15.0. The quantitative estimate of drug-likeness (QED) is 0.179. The van der Waals surface area contributed by atoms with Crippen LogP contribution in [0.3, 0.4) is 0 Å². The molecule has 0 unspecified atom stereocenters. The van der Waals surface area contributed by atoms with Crippen molar-refractivity contribution >= 4 is 86.8 Å². The number of hydrogen-bond donors (Lipinski definition) is 0. The minimum atomic E-state index is 0.720. The molecule has 13 aromatic rings. The second kappa shape index (κ2) is 12.7. The van der Waals surface area contributed by atoms with Crippen LogP contribution in [0.25, 0.3) is 121 Å². The molecule has 10 aromatic carbocycles. The number of hydrogen-bond acceptors (Lipinski definition) is 2. The lowest BCUT2D eigenvalue weighted by molar-refractivity contribution is 1.17. The minimum Gasteiger partial charge on any atom is -0.309 e. The number of fused-ring (bicyclic) bond motifs is 11. The number of nitrogens with zero attached hydrogens (tertiary/aromatic N) is 4. The lowest BCUT2D eigenvalue weighted by atomic mass is 10.0. The van der Waals surface area contributed by atoms with Gasteiger partial charge in [-0.25, -0.2) is 9.97 Å². The molecule has 278 valence electrons. The van der Waals surface area contributed by atoms with Crippen molar-refractivity contribution < 1.29 is 0 Å². The summed E-state index contributed by atoms with van der Waals surface area (Å²) in [5, 5.41) is 13.2. The summed E-state index contributed by atoms with van der Waals surface area (Å²) < 4.78 is 4.93. The molecule has 0 aliphatic heterocycles. The van der Waals surface area contributed by atoms with Crippen molar-refractivity contribution in [1.29, 1.82) is 0 Å². The zero-order valence-corrected chi connectivity index (χ0v) is 32.4. The molecule has 4 nitrogen and oxygen atoms in total. The average molecular weight is 763 g/mol. The van der Waals surface area contributed by atoms with E-state index in [0.717, 1.165) is 61.3 Å². The standard InChI is InChI=1S/C56H34N4/c1-2-17-38-34-52-46(33-37(38)16-1)54-49(28-13-29-50(54)60-48-27-10-8-24-45(48)53-42-22-6-4-15-36(42)30-31-51(53)60)59(52)40-20-11-19-39(32-40)55-44-23-7-9-26-47(44)57-56(58-55)43-25-12-18-35-14-3-5-21-41(35)43/h1-34H. The zero-order valence-electron chi connectivity index (χ0n) is 32.4. The van der Waals surface area contributed by atoms with Crippen molar-refractivity contribution in [2.24, 2.45) is 0 Å². The van der Waals surface area contributed by atoms with Crippen LogP contribution < -0.4 is 0 Å². The van der Waals surface area contributed by atoms with E-state index in [9.17, 15) is 0 Å². The number of para-hydroxylation sites is 2. The third kappa shape index (κ3) is 4.79. The van der Waals surface area contributed by atoms with Gasteiger partial charge in [0.15, 0.2) is 5.82 Å². The first kappa shape index (κ1) is 32.9. The summed E-state index contributed by atoms with van der Waals surface area (Å²) in [4.78, 5) is 10.5. The highest BCUT2D eigenvalue weighted by Crippen LogP contribution is 2.43. The van der Waals surface area contributed by atoms with Gasteiger partial charge in [-0.3, -0.25) is 0 Å². The van der Waals surface area contributed by atoms with Crippen molar-refractivity contribution in [1.82, 2.24) is 19.1 Å². The Balaban J connectivity index is 1.09. The van der Waals surface area contributed by atoms with Crippen molar-refractivity contribution in [3.8, 4) is 34.0 Å². The van der Waals surface area contributed by atoms with E-state index in [2.05, 4.69) is 215 Å². The van der Waals surface area contributed by atoms with Crippen LogP contribution in [0, 0.1) is 0 Å². The van der Waals surface area contributed by atoms with Gasteiger partial charge in [0, 0.05) is 43.7 Å². The molecule has 13 rings (SSSR count). The predicted molar refractivity (Wildman–Crippen MR) is 252 cm³/mol. The van der Waals surface area contributed by atoms with Crippen LogP contribution >= 0.6 is 0 Å². The third-order valence-corrected chi connectivity index (χ3v) is 12.5. The third-order valence-electron chi connectivity index (χ3n) is 12.5. The second-order valence-corrected chi connectivity index (χ2v) is 15.7. The van der Waals surface area contributed by atoms with Crippen molar-refractivity contribution in [2.45, 2.75) is 0 Å². The molecule has 0 fully saturated rings. The molecule has 0 aliphatic rings. The lowest BCUT2D eigenvalue weighted by Gasteiger charge is -2.14. The minimum absolute atomic E-state index is 0.720. The van der Waals surface area contributed by atoms with Gasteiger partial charge in [-0.1, -0.05) is 152 Å². The Morgan fingerprint density at radius 2 is 0.967 bits per heavy atom. The van der Waals surface area contributed by atoms with Crippen LogP contribution in [-0.2, 0) is 0 Å². The van der Waals surface area contributed by atoms with Crippen molar-refractivity contribution in [2.75, 3.05) is 0 Å². The zero-order chi connectivity index (χ0) is 39.3. The molecular formula is C56H34N4. The summed E-state index contributed by atoms with van der Waals surface area (Å²) in [5.74, 6) is 0.720. The fourth-order valence-electron chi connectivity index (χ4n) is 9.83. The van der Waals surface area contributed by atoms with Gasteiger partial charge >= 0.3 is 0 Å². The summed E-state index contributed by atoms with van der Waals surface area (Å²) >= 11 is 0. The summed E-state index contributed by atoms with van der Waals surface area (Å²) in [6.45, 7) is 0. The van der Waals surface area contributed by atoms with E-state index in [0.29, 0.717) is 0 Å². The summed E-state index contributed by atoms with van der Waals surface area (Å²) in [6.07, 6.45) is 0. The molecule has 4 heteroatoms. The number of rotatable bonds is 4. The van der Waals surface area contributed by atoms with Gasteiger partial charge in [0.1, 0.15) is 0 Å². The fraction of sp³-hybridized carbons (Fsp3) is 0. The monoisotopic (exact) mass is 762 g/mol. The summed E-state index contributed by atoms with van der Waals surface area (Å²) in [5.41, 5.74) is 10.8. The van der Waals surface area contributed by atoms with Gasteiger partial charge in [0.2, 0.25) is 0 Å². The van der Waals surface area contributed by atoms with Gasteiger partial charge in [-0.15, -0.1) is 0 Å². The van der Waals surface area contributed by atoms with Gasteiger partial charge in [-0.05, 0) is 86.9 Å². The van der Waals surface area contributed by atoms with Gasteiger partial charge in [-0.2, -0.15) is 0 Å². The van der Waals surface area contributed by atoms with E-state index >= 15 is 0 Å². The van der Waals surface area contributed by atoms with E-state index in [1.54, 1.807) is 0 Å². The van der Waals surface area contributed by atoms with Crippen LogP contribution in [0.2, 0.25) is 0 Å². The van der Waals surface area contributed by atoms with Crippen LogP contribution in [0.15, 0.2) is 206 Å². The summed E-state index contributed by atoms with van der Waals surface area (Å²) in [6, 6.07) is 74.5. The van der Waals surface area contributed by atoms with Gasteiger partial charge in [0.25, 0.3) is 0 Å². The Hall–Kier alpha value is -8.08. The van der Waals surface area contributed by atoms with Crippen LogP contribution in [0.5, 0.6) is 0 Å². The maximum atomic E-state index is 5.38. The first-order valence-corrected chi connectivity index (χ1v) is 20.5. The van der Waals surface area contributed by atoms with E-state index in [4.69, 9.17) is 9.97 Å². The Labute approximate surface area is 344 Å². The molecule has 0 bridgehead atoms. The normalized spacial score (nSPS) is 12.0. The highest BCUT2D eigenvalue weighted by Gasteiger charge is 2.22. The van der Waals surface area contributed by atoms with E-state index in [1.807, 2.05) is 0 Å². The maximum Gasteiger partial charge on any atom is 0.161 e. The Bertz CT molecular complexity index is 3900. The first-order valence-electron chi connectivity index (χ1n) is 20.5. The highest BCUT2D eigenvalue weighted by molar-refractivity contribution is 6.23. The van der Waals surface area contributed by atoms with E-state index < -0.39 is 0 Å². The second-order valence-electron chi connectivity index (χ2n) is 15.7. The number of benzene rings is 10. The first-order chi connectivity index (χ1) is 29.8. The molecular weight excluding hydrogens is 729 g/mol. The molecule has 0 atom stereocenters. The molecule has 0 saturated heterocycles.